The number of para-hydroxylation sites is 1. The number of benzene rings is 2. The molecule has 6 nitrogen and oxygen atoms in total. The molecule has 0 aliphatic heterocycles. The molecule has 0 saturated heterocycles. The number of amides is 2. The van der Waals surface area contributed by atoms with E-state index in [4.69, 9.17) is 0 Å². The summed E-state index contributed by atoms with van der Waals surface area (Å²) in [4.78, 5) is 28.1. The van der Waals surface area contributed by atoms with Crippen LogP contribution in [0, 0.1) is 6.92 Å². The Morgan fingerprint density at radius 1 is 0.931 bits per heavy atom. The standard InChI is InChI=1S/C23H24N4O2/c1-4-17-8-5-7-15(2)22(17)26-21-11-18(13-24-14-21)23(29)27-20-10-6-9-19(12-20)25-16(3)28/h5-14,26H,4H2,1-3H3,(H,25,28)(H,27,29). The highest BCUT2D eigenvalue weighted by Crippen LogP contribution is 2.25. The van der Waals surface area contributed by atoms with Crippen LogP contribution < -0.4 is 16.0 Å². The average Bonchev–Trinajstić information content (AvgIpc) is 2.69. The fourth-order valence-corrected chi connectivity index (χ4v) is 3.06. The Hall–Kier alpha value is -3.67. The van der Waals surface area contributed by atoms with Gasteiger partial charge in [-0.15, -0.1) is 0 Å². The zero-order valence-electron chi connectivity index (χ0n) is 16.7. The van der Waals surface area contributed by atoms with Crippen LogP contribution in [-0.2, 0) is 11.2 Å². The van der Waals surface area contributed by atoms with Crippen LogP contribution in [0.2, 0.25) is 0 Å². The van der Waals surface area contributed by atoms with Crippen molar-refractivity contribution in [2.24, 2.45) is 0 Å². The fourth-order valence-electron chi connectivity index (χ4n) is 3.06. The zero-order chi connectivity index (χ0) is 20.8. The van der Waals surface area contributed by atoms with E-state index < -0.39 is 0 Å². The number of nitrogens with zero attached hydrogens (tertiary/aromatic N) is 1. The molecular formula is C23H24N4O2. The SMILES string of the molecule is CCc1cccc(C)c1Nc1cncc(C(=O)Nc2cccc(NC(C)=O)c2)c1. The Bertz CT molecular complexity index is 1050. The van der Waals surface area contributed by atoms with E-state index in [1.54, 1.807) is 36.5 Å². The third kappa shape index (κ3) is 5.19. The Morgan fingerprint density at radius 2 is 1.66 bits per heavy atom. The monoisotopic (exact) mass is 388 g/mol. The zero-order valence-corrected chi connectivity index (χ0v) is 16.7. The minimum absolute atomic E-state index is 0.167. The van der Waals surface area contributed by atoms with E-state index >= 15 is 0 Å². The van der Waals surface area contributed by atoms with Gasteiger partial charge in [0.05, 0.1) is 17.4 Å². The first kappa shape index (κ1) is 20.1. The molecule has 1 aromatic heterocycles. The van der Waals surface area contributed by atoms with Crippen molar-refractivity contribution < 1.29 is 9.59 Å². The number of anilines is 4. The van der Waals surface area contributed by atoms with Crippen molar-refractivity contribution in [3.63, 3.8) is 0 Å². The van der Waals surface area contributed by atoms with Crippen LogP contribution in [0.3, 0.4) is 0 Å². The van der Waals surface area contributed by atoms with Crippen LogP contribution in [0.5, 0.6) is 0 Å². The minimum Gasteiger partial charge on any atom is -0.354 e. The molecule has 6 heteroatoms. The molecule has 0 bridgehead atoms. The lowest BCUT2D eigenvalue weighted by Crippen LogP contribution is -2.13. The van der Waals surface area contributed by atoms with Gasteiger partial charge in [-0.3, -0.25) is 14.6 Å². The summed E-state index contributed by atoms with van der Waals surface area (Å²) in [5.41, 5.74) is 5.77. The molecule has 3 aromatic rings. The molecule has 29 heavy (non-hydrogen) atoms. The minimum atomic E-state index is -0.276. The number of rotatable bonds is 6. The molecule has 3 N–H and O–H groups in total. The van der Waals surface area contributed by atoms with Gasteiger partial charge in [0.2, 0.25) is 5.91 Å². The second kappa shape index (κ2) is 9.01. The number of hydrogen-bond acceptors (Lipinski definition) is 4. The van der Waals surface area contributed by atoms with E-state index in [1.807, 2.05) is 19.1 Å². The summed E-state index contributed by atoms with van der Waals surface area (Å²) in [5, 5.41) is 8.93. The second-order valence-electron chi connectivity index (χ2n) is 6.77. The fraction of sp³-hybridized carbons (Fsp3) is 0.174. The lowest BCUT2D eigenvalue weighted by molar-refractivity contribution is -0.114. The Kier molecular flexibility index (Phi) is 6.24. The first-order chi connectivity index (χ1) is 14.0. The van der Waals surface area contributed by atoms with Crippen LogP contribution in [0.4, 0.5) is 22.7 Å². The normalized spacial score (nSPS) is 10.3. The van der Waals surface area contributed by atoms with Crippen LogP contribution in [0.1, 0.15) is 35.3 Å². The Balaban J connectivity index is 1.78. The highest BCUT2D eigenvalue weighted by Gasteiger charge is 2.10. The molecule has 0 unspecified atom stereocenters. The van der Waals surface area contributed by atoms with Crippen molar-refractivity contribution >= 4 is 34.6 Å². The average molecular weight is 388 g/mol. The highest BCUT2D eigenvalue weighted by atomic mass is 16.2. The van der Waals surface area contributed by atoms with Crippen molar-refractivity contribution in [1.82, 2.24) is 4.98 Å². The Labute approximate surface area is 170 Å². The Morgan fingerprint density at radius 3 is 2.38 bits per heavy atom. The van der Waals surface area contributed by atoms with Crippen LogP contribution in [0.25, 0.3) is 0 Å². The van der Waals surface area contributed by atoms with Crippen molar-refractivity contribution in [3.05, 3.63) is 77.6 Å². The van der Waals surface area contributed by atoms with Gasteiger partial charge in [-0.25, -0.2) is 0 Å². The molecule has 0 saturated carbocycles. The van der Waals surface area contributed by atoms with Crippen LogP contribution >= 0.6 is 0 Å². The molecule has 2 amide bonds. The first-order valence-electron chi connectivity index (χ1n) is 9.46. The van der Waals surface area contributed by atoms with Gasteiger partial charge in [0.25, 0.3) is 5.91 Å². The number of carbonyl (C=O) groups is 2. The van der Waals surface area contributed by atoms with Crippen molar-refractivity contribution in [2.75, 3.05) is 16.0 Å². The van der Waals surface area contributed by atoms with Crippen LogP contribution in [0.15, 0.2) is 60.9 Å². The van der Waals surface area contributed by atoms with E-state index in [0.717, 1.165) is 23.4 Å². The molecule has 148 valence electrons. The largest absolute Gasteiger partial charge is 0.354 e. The highest BCUT2D eigenvalue weighted by molar-refractivity contribution is 6.05. The number of pyridine rings is 1. The van der Waals surface area contributed by atoms with Gasteiger partial charge in [-0.05, 0) is 48.7 Å². The summed E-state index contributed by atoms with van der Waals surface area (Å²) >= 11 is 0. The maximum absolute atomic E-state index is 12.7. The predicted molar refractivity (Wildman–Crippen MR) is 117 cm³/mol. The number of hydrogen-bond donors (Lipinski definition) is 3. The molecule has 0 aliphatic rings. The summed E-state index contributed by atoms with van der Waals surface area (Å²) in [6, 6.07) is 14.9. The van der Waals surface area contributed by atoms with Crippen molar-refractivity contribution in [2.45, 2.75) is 27.2 Å². The molecule has 0 radical (unpaired) electrons. The second-order valence-corrected chi connectivity index (χ2v) is 6.77. The van der Waals surface area contributed by atoms with Gasteiger partial charge in [-0.2, -0.15) is 0 Å². The predicted octanol–water partition coefficient (Wildman–Crippen LogP) is 4.91. The van der Waals surface area contributed by atoms with Gasteiger partial charge in [0, 0.05) is 30.2 Å². The van der Waals surface area contributed by atoms with E-state index in [0.29, 0.717) is 16.9 Å². The number of nitrogens with one attached hydrogen (secondary N) is 3. The van der Waals surface area contributed by atoms with Gasteiger partial charge in [-0.1, -0.05) is 31.2 Å². The van der Waals surface area contributed by atoms with Crippen molar-refractivity contribution in [1.29, 1.82) is 0 Å². The molecule has 2 aromatic carbocycles. The van der Waals surface area contributed by atoms with Gasteiger partial charge >= 0.3 is 0 Å². The lowest BCUT2D eigenvalue weighted by atomic mass is 10.1. The van der Waals surface area contributed by atoms with E-state index in [-0.39, 0.29) is 11.8 Å². The summed E-state index contributed by atoms with van der Waals surface area (Å²) < 4.78 is 0. The molecular weight excluding hydrogens is 364 g/mol. The number of carbonyl (C=O) groups excluding carboxylic acids is 2. The summed E-state index contributed by atoms with van der Waals surface area (Å²) in [6.07, 6.45) is 4.12. The molecule has 0 aliphatic carbocycles. The van der Waals surface area contributed by atoms with Gasteiger partial charge in [0.1, 0.15) is 0 Å². The van der Waals surface area contributed by atoms with Crippen molar-refractivity contribution in [3.8, 4) is 0 Å². The van der Waals surface area contributed by atoms with E-state index in [1.165, 1.54) is 18.7 Å². The third-order valence-electron chi connectivity index (χ3n) is 4.45. The molecule has 0 atom stereocenters. The van der Waals surface area contributed by atoms with Gasteiger partial charge in [0.15, 0.2) is 0 Å². The third-order valence-corrected chi connectivity index (χ3v) is 4.45. The summed E-state index contributed by atoms with van der Waals surface area (Å²) in [7, 11) is 0. The van der Waals surface area contributed by atoms with Crippen LogP contribution in [-0.4, -0.2) is 16.8 Å². The summed E-state index contributed by atoms with van der Waals surface area (Å²) in [5.74, 6) is -0.444. The smallest absolute Gasteiger partial charge is 0.257 e. The summed E-state index contributed by atoms with van der Waals surface area (Å²) in [6.45, 7) is 5.60. The number of aryl methyl sites for hydroxylation is 2. The molecule has 1 heterocycles. The maximum atomic E-state index is 12.7. The maximum Gasteiger partial charge on any atom is 0.257 e. The number of aromatic nitrogens is 1. The molecule has 3 rings (SSSR count). The molecule has 0 spiro atoms. The van der Waals surface area contributed by atoms with Gasteiger partial charge < -0.3 is 16.0 Å². The quantitative estimate of drug-likeness (QED) is 0.560. The van der Waals surface area contributed by atoms with E-state index in [2.05, 4.69) is 33.9 Å². The lowest BCUT2D eigenvalue weighted by Gasteiger charge is -2.14. The first-order valence-corrected chi connectivity index (χ1v) is 9.46. The molecule has 0 fully saturated rings. The topological polar surface area (TPSA) is 83.1 Å². The van der Waals surface area contributed by atoms with E-state index in [9.17, 15) is 9.59 Å².